The van der Waals surface area contributed by atoms with Gasteiger partial charge in [0.25, 0.3) is 5.91 Å². The average Bonchev–Trinajstić information content (AvgIpc) is 2.86. The second kappa shape index (κ2) is 6.08. The third-order valence-corrected chi connectivity index (χ3v) is 2.91. The van der Waals surface area contributed by atoms with Crippen LogP contribution in [0.1, 0.15) is 16.1 Å². The summed E-state index contributed by atoms with van der Waals surface area (Å²) in [5.74, 6) is -0.916. The van der Waals surface area contributed by atoms with Crippen LogP contribution in [0, 0.1) is 0 Å². The van der Waals surface area contributed by atoms with Gasteiger partial charge in [-0.15, -0.1) is 0 Å². The van der Waals surface area contributed by atoms with Crippen LogP contribution in [0.4, 0.5) is 5.69 Å². The number of aromatic nitrogens is 2. The summed E-state index contributed by atoms with van der Waals surface area (Å²) in [6.45, 7) is 0.0956. The van der Waals surface area contributed by atoms with Crippen molar-refractivity contribution in [1.82, 2.24) is 14.5 Å². The second-order valence-corrected chi connectivity index (χ2v) is 4.79. The molecule has 0 fully saturated rings. The zero-order valence-electron chi connectivity index (χ0n) is 11.7. The van der Waals surface area contributed by atoms with E-state index in [2.05, 4.69) is 4.98 Å². The Morgan fingerprint density at radius 1 is 1.29 bits per heavy atom. The predicted molar refractivity (Wildman–Crippen MR) is 78.0 cm³/mol. The molecule has 0 atom stereocenters. The quantitative estimate of drug-likeness (QED) is 0.762. The minimum absolute atomic E-state index is 0.167. The largest absolute Gasteiger partial charge is 0.399 e. The molecule has 110 valence electrons. The van der Waals surface area contributed by atoms with Crippen LogP contribution in [0.2, 0.25) is 0 Å². The standard InChI is InChI=1S/C14H17N5O2/c1-18-7-12(17-9-18)14(21)19(8-13(16)20)6-10-2-4-11(15)5-3-10/h2-5,7,9H,6,8,15H2,1H3,(H2,16,20). The third-order valence-electron chi connectivity index (χ3n) is 2.91. The summed E-state index contributed by atoms with van der Waals surface area (Å²) < 4.78 is 1.67. The number of anilines is 1. The molecule has 0 saturated carbocycles. The third kappa shape index (κ3) is 3.82. The van der Waals surface area contributed by atoms with Crippen molar-refractivity contribution in [2.45, 2.75) is 6.54 Å². The number of carbonyl (C=O) groups excluding carboxylic acids is 2. The van der Waals surface area contributed by atoms with Crippen molar-refractivity contribution in [3.63, 3.8) is 0 Å². The van der Waals surface area contributed by atoms with Gasteiger partial charge in [-0.1, -0.05) is 12.1 Å². The van der Waals surface area contributed by atoms with Crippen LogP contribution in [0.5, 0.6) is 0 Å². The molecule has 0 aliphatic heterocycles. The number of hydrogen-bond donors (Lipinski definition) is 2. The number of primary amides is 1. The average molecular weight is 287 g/mol. The highest BCUT2D eigenvalue weighted by molar-refractivity contribution is 5.94. The van der Waals surface area contributed by atoms with Gasteiger partial charge in [0, 0.05) is 25.5 Å². The first-order valence-electron chi connectivity index (χ1n) is 6.35. The molecule has 7 heteroatoms. The number of imidazole rings is 1. The number of benzene rings is 1. The van der Waals surface area contributed by atoms with Crippen LogP contribution < -0.4 is 11.5 Å². The Labute approximate surface area is 122 Å². The fourth-order valence-electron chi connectivity index (χ4n) is 1.92. The van der Waals surface area contributed by atoms with Crippen LogP contribution in [0.25, 0.3) is 0 Å². The van der Waals surface area contributed by atoms with Crippen LogP contribution in [0.3, 0.4) is 0 Å². The SMILES string of the molecule is Cn1cnc(C(=O)N(CC(N)=O)Cc2ccc(N)cc2)c1. The van der Waals surface area contributed by atoms with Gasteiger partial charge in [0.05, 0.1) is 6.33 Å². The minimum atomic E-state index is -0.574. The predicted octanol–water partition coefficient (Wildman–Crippen LogP) is 0.130. The molecule has 2 rings (SSSR count). The lowest BCUT2D eigenvalue weighted by atomic mass is 10.2. The number of rotatable bonds is 5. The number of carbonyl (C=O) groups is 2. The fourth-order valence-corrected chi connectivity index (χ4v) is 1.92. The molecule has 1 aromatic carbocycles. The lowest BCUT2D eigenvalue weighted by Gasteiger charge is -2.20. The number of hydrogen-bond acceptors (Lipinski definition) is 4. The summed E-state index contributed by atoms with van der Waals surface area (Å²) in [5, 5.41) is 0. The summed E-state index contributed by atoms with van der Waals surface area (Å²) in [6, 6.07) is 7.08. The van der Waals surface area contributed by atoms with Gasteiger partial charge in [0.15, 0.2) is 0 Å². The Bertz CT molecular complexity index is 648. The van der Waals surface area contributed by atoms with E-state index in [1.165, 1.54) is 11.2 Å². The van der Waals surface area contributed by atoms with Crippen molar-refractivity contribution in [1.29, 1.82) is 0 Å². The number of nitrogen functional groups attached to an aromatic ring is 1. The first-order chi connectivity index (χ1) is 9.95. The summed E-state index contributed by atoms with van der Waals surface area (Å²) in [5.41, 5.74) is 12.6. The van der Waals surface area contributed by atoms with Crippen molar-refractivity contribution in [3.05, 3.63) is 48.0 Å². The molecule has 0 saturated heterocycles. The summed E-state index contributed by atoms with van der Waals surface area (Å²) >= 11 is 0. The fraction of sp³-hybridized carbons (Fsp3) is 0.214. The maximum Gasteiger partial charge on any atom is 0.274 e. The molecule has 0 aliphatic carbocycles. The molecule has 2 amide bonds. The molecule has 0 unspecified atom stereocenters. The number of amides is 2. The van der Waals surface area contributed by atoms with E-state index in [0.717, 1.165) is 5.56 Å². The summed E-state index contributed by atoms with van der Waals surface area (Å²) in [6.07, 6.45) is 3.12. The monoisotopic (exact) mass is 287 g/mol. The molecule has 4 N–H and O–H groups in total. The smallest absolute Gasteiger partial charge is 0.274 e. The van der Waals surface area contributed by atoms with Crippen LogP contribution in [0.15, 0.2) is 36.8 Å². The second-order valence-electron chi connectivity index (χ2n) is 4.79. The molecule has 21 heavy (non-hydrogen) atoms. The molecular weight excluding hydrogens is 270 g/mol. The Morgan fingerprint density at radius 3 is 2.48 bits per heavy atom. The lowest BCUT2D eigenvalue weighted by molar-refractivity contribution is -0.118. The van der Waals surface area contributed by atoms with Gasteiger partial charge in [0.1, 0.15) is 12.2 Å². The minimum Gasteiger partial charge on any atom is -0.399 e. The van der Waals surface area contributed by atoms with Gasteiger partial charge in [-0.3, -0.25) is 9.59 Å². The normalized spacial score (nSPS) is 10.3. The molecule has 0 aliphatic rings. The summed E-state index contributed by atoms with van der Waals surface area (Å²) in [4.78, 5) is 28.9. The first-order valence-corrected chi connectivity index (χ1v) is 6.35. The molecule has 0 bridgehead atoms. The Hall–Kier alpha value is -2.83. The van der Waals surface area contributed by atoms with E-state index in [-0.39, 0.29) is 24.7 Å². The molecule has 2 aromatic rings. The van der Waals surface area contributed by atoms with Crippen molar-refractivity contribution >= 4 is 17.5 Å². The Morgan fingerprint density at radius 2 is 1.95 bits per heavy atom. The summed E-state index contributed by atoms with van der Waals surface area (Å²) in [7, 11) is 1.77. The van der Waals surface area contributed by atoms with Crippen molar-refractivity contribution in [2.75, 3.05) is 12.3 Å². The first kappa shape index (κ1) is 14.6. The van der Waals surface area contributed by atoms with E-state index in [1.807, 2.05) is 0 Å². The molecule has 1 heterocycles. The van der Waals surface area contributed by atoms with Gasteiger partial charge < -0.3 is 20.9 Å². The Kier molecular flexibility index (Phi) is 4.22. The van der Waals surface area contributed by atoms with Gasteiger partial charge in [-0.25, -0.2) is 4.98 Å². The van der Waals surface area contributed by atoms with E-state index < -0.39 is 5.91 Å². The number of nitrogens with two attached hydrogens (primary N) is 2. The highest BCUT2D eigenvalue weighted by Crippen LogP contribution is 2.11. The Balaban J connectivity index is 2.19. The van der Waals surface area contributed by atoms with Crippen LogP contribution >= 0.6 is 0 Å². The van der Waals surface area contributed by atoms with E-state index in [1.54, 1.807) is 42.1 Å². The van der Waals surface area contributed by atoms with Gasteiger partial charge in [-0.05, 0) is 17.7 Å². The van der Waals surface area contributed by atoms with Gasteiger partial charge in [-0.2, -0.15) is 0 Å². The van der Waals surface area contributed by atoms with E-state index in [9.17, 15) is 9.59 Å². The number of nitrogens with zero attached hydrogens (tertiary/aromatic N) is 3. The van der Waals surface area contributed by atoms with Gasteiger partial charge >= 0.3 is 0 Å². The maximum absolute atomic E-state index is 12.4. The molecule has 0 radical (unpaired) electrons. The maximum atomic E-state index is 12.4. The zero-order valence-corrected chi connectivity index (χ0v) is 11.7. The molecule has 1 aromatic heterocycles. The zero-order chi connectivity index (χ0) is 15.4. The van der Waals surface area contributed by atoms with Crippen LogP contribution in [-0.2, 0) is 18.4 Å². The van der Waals surface area contributed by atoms with Gasteiger partial charge in [0.2, 0.25) is 5.91 Å². The van der Waals surface area contributed by atoms with Crippen molar-refractivity contribution in [3.8, 4) is 0 Å². The number of aryl methyl sites for hydroxylation is 1. The molecule has 0 spiro atoms. The highest BCUT2D eigenvalue weighted by atomic mass is 16.2. The lowest BCUT2D eigenvalue weighted by Crippen LogP contribution is -2.38. The molecular formula is C14H17N5O2. The van der Waals surface area contributed by atoms with Crippen molar-refractivity contribution < 1.29 is 9.59 Å². The van der Waals surface area contributed by atoms with E-state index in [0.29, 0.717) is 5.69 Å². The van der Waals surface area contributed by atoms with E-state index >= 15 is 0 Å². The van der Waals surface area contributed by atoms with Crippen molar-refractivity contribution in [2.24, 2.45) is 12.8 Å². The molecule has 7 nitrogen and oxygen atoms in total. The van der Waals surface area contributed by atoms with E-state index in [4.69, 9.17) is 11.5 Å². The van der Waals surface area contributed by atoms with Crippen LogP contribution in [-0.4, -0.2) is 32.8 Å². The topological polar surface area (TPSA) is 107 Å². The highest BCUT2D eigenvalue weighted by Gasteiger charge is 2.20.